The Hall–Kier alpha value is -8.46. The van der Waals surface area contributed by atoms with E-state index in [0.717, 1.165) is 55.3 Å². The number of hydrogen-bond acceptors (Lipinski definition) is 2. The van der Waals surface area contributed by atoms with Crippen LogP contribution in [-0.4, -0.2) is 0 Å². The van der Waals surface area contributed by atoms with Gasteiger partial charge in [-0.05, 0) is 120 Å². The molecule has 2 aliphatic carbocycles. The molecular weight excluding hydrogens is 787 g/mol. The van der Waals surface area contributed by atoms with Gasteiger partial charge in [-0.1, -0.05) is 194 Å². The molecule has 0 saturated heterocycles. The van der Waals surface area contributed by atoms with Crippen molar-refractivity contribution in [1.82, 2.24) is 0 Å². The molecule has 0 atom stereocenters. The molecule has 0 amide bonds. The molecule has 14 rings (SSSR count). The van der Waals surface area contributed by atoms with Crippen molar-refractivity contribution in [3.63, 3.8) is 0 Å². The average molecular weight is 826 g/mol. The van der Waals surface area contributed by atoms with E-state index in [2.05, 4.69) is 241 Å². The van der Waals surface area contributed by atoms with Crippen LogP contribution in [0.25, 0.3) is 88.0 Å². The highest BCUT2D eigenvalue weighted by Crippen LogP contribution is 2.63. The Morgan fingerprint density at radius 2 is 0.862 bits per heavy atom. The molecule has 0 N–H and O–H groups in total. The molecule has 302 valence electrons. The minimum Gasteiger partial charge on any atom is -0.455 e. The van der Waals surface area contributed by atoms with Crippen LogP contribution in [-0.2, 0) is 5.41 Å². The first kappa shape index (κ1) is 36.1. The summed E-state index contributed by atoms with van der Waals surface area (Å²) in [7, 11) is 0. The second-order valence-electron chi connectivity index (χ2n) is 17.5. The molecule has 2 heteroatoms. The van der Waals surface area contributed by atoms with Crippen LogP contribution < -0.4 is 4.90 Å². The van der Waals surface area contributed by atoms with E-state index in [0.29, 0.717) is 0 Å². The highest BCUT2D eigenvalue weighted by atomic mass is 16.3. The zero-order valence-electron chi connectivity index (χ0n) is 35.4. The molecule has 0 radical (unpaired) electrons. The summed E-state index contributed by atoms with van der Waals surface area (Å²) in [5.74, 6) is 0. The summed E-state index contributed by atoms with van der Waals surface area (Å²) in [6.07, 6.45) is 0. The van der Waals surface area contributed by atoms with Crippen molar-refractivity contribution in [1.29, 1.82) is 0 Å². The fourth-order valence-corrected chi connectivity index (χ4v) is 11.6. The van der Waals surface area contributed by atoms with Gasteiger partial charge in [0.1, 0.15) is 11.2 Å². The van der Waals surface area contributed by atoms with E-state index >= 15 is 0 Å². The lowest BCUT2D eigenvalue weighted by molar-refractivity contribution is 0.672. The van der Waals surface area contributed by atoms with Gasteiger partial charge in [-0.3, -0.25) is 0 Å². The smallest absolute Gasteiger partial charge is 0.143 e. The van der Waals surface area contributed by atoms with Gasteiger partial charge in [-0.15, -0.1) is 0 Å². The first-order chi connectivity index (χ1) is 32.3. The van der Waals surface area contributed by atoms with Crippen LogP contribution in [0.2, 0.25) is 0 Å². The van der Waals surface area contributed by atoms with Crippen molar-refractivity contribution in [2.45, 2.75) is 5.41 Å². The Bertz CT molecular complexity index is 3830. The van der Waals surface area contributed by atoms with Gasteiger partial charge < -0.3 is 9.32 Å². The van der Waals surface area contributed by atoms with Crippen LogP contribution in [0.4, 0.5) is 17.1 Å². The van der Waals surface area contributed by atoms with Gasteiger partial charge >= 0.3 is 0 Å². The van der Waals surface area contributed by atoms with Crippen LogP contribution in [0.3, 0.4) is 0 Å². The number of furan rings is 1. The Kier molecular flexibility index (Phi) is 7.64. The largest absolute Gasteiger partial charge is 0.455 e. The molecule has 1 spiro atoms. The van der Waals surface area contributed by atoms with Crippen molar-refractivity contribution < 1.29 is 4.42 Å². The quantitative estimate of drug-likeness (QED) is 0.172. The van der Waals surface area contributed by atoms with Gasteiger partial charge in [-0.2, -0.15) is 0 Å². The van der Waals surface area contributed by atoms with Crippen LogP contribution in [0, 0.1) is 0 Å². The van der Waals surface area contributed by atoms with Crippen molar-refractivity contribution in [3.05, 3.63) is 259 Å². The highest BCUT2D eigenvalue weighted by Gasteiger charge is 2.51. The molecule has 0 saturated carbocycles. The van der Waals surface area contributed by atoms with Crippen LogP contribution in [0.15, 0.2) is 241 Å². The summed E-state index contributed by atoms with van der Waals surface area (Å²) in [6.45, 7) is 0. The van der Waals surface area contributed by atoms with Crippen LogP contribution in [0.1, 0.15) is 22.3 Å². The topological polar surface area (TPSA) is 16.4 Å². The molecule has 65 heavy (non-hydrogen) atoms. The molecule has 0 aliphatic heterocycles. The molecular formula is C63H39NO. The maximum atomic E-state index is 6.90. The van der Waals surface area contributed by atoms with Gasteiger partial charge in [0.25, 0.3) is 0 Å². The van der Waals surface area contributed by atoms with Crippen LogP contribution in [0.5, 0.6) is 0 Å². The number of hydrogen-bond donors (Lipinski definition) is 0. The molecule has 0 unspecified atom stereocenters. The molecule has 2 aliphatic rings. The van der Waals surface area contributed by atoms with Crippen molar-refractivity contribution >= 4 is 60.5 Å². The Morgan fingerprint density at radius 1 is 0.323 bits per heavy atom. The van der Waals surface area contributed by atoms with Crippen LogP contribution >= 0.6 is 0 Å². The highest BCUT2D eigenvalue weighted by molar-refractivity contribution is 6.23. The summed E-state index contributed by atoms with van der Waals surface area (Å²) in [5, 5.41) is 6.84. The third kappa shape index (κ3) is 5.05. The zero-order chi connectivity index (χ0) is 42.6. The first-order valence-electron chi connectivity index (χ1n) is 22.5. The summed E-state index contributed by atoms with van der Waals surface area (Å²) >= 11 is 0. The fourth-order valence-electron chi connectivity index (χ4n) is 11.6. The van der Waals surface area contributed by atoms with E-state index < -0.39 is 0 Å². The number of nitrogens with zero attached hydrogens (tertiary/aromatic N) is 1. The number of rotatable bonds is 5. The van der Waals surface area contributed by atoms with Crippen molar-refractivity contribution in [2.75, 3.05) is 4.90 Å². The first-order valence-corrected chi connectivity index (χ1v) is 22.5. The summed E-state index contributed by atoms with van der Waals surface area (Å²) < 4.78 is 6.90. The third-order valence-corrected chi connectivity index (χ3v) is 14.3. The van der Waals surface area contributed by atoms with E-state index in [-0.39, 0.29) is 5.41 Å². The maximum absolute atomic E-state index is 6.90. The normalized spacial score (nSPS) is 13.0. The van der Waals surface area contributed by atoms with E-state index in [1.54, 1.807) is 0 Å². The molecule has 1 heterocycles. The predicted octanol–water partition coefficient (Wildman–Crippen LogP) is 17.0. The van der Waals surface area contributed by atoms with Gasteiger partial charge in [0.2, 0.25) is 0 Å². The average Bonchev–Trinajstić information content (AvgIpc) is 4.01. The lowest BCUT2D eigenvalue weighted by Crippen LogP contribution is -2.25. The molecule has 12 aromatic rings. The molecule has 11 aromatic carbocycles. The number of benzene rings is 11. The minimum atomic E-state index is -0.376. The number of fused-ring (bicyclic) bond motifs is 16. The molecule has 0 bridgehead atoms. The standard InChI is InChI=1S/C63H39NO/c1-2-18-44(19-3-1)64(58-29-14-17-41-16-4-5-20-45(41)58)59-30-15-31-60-61(59)53-39-52(46-21-6-7-25-51(46)62(53)65-60)42-34-32-40(33-35-42)43-36-37-50-49-24-10-13-28-56(49)63(57(50)38-43)54-26-11-8-22-47(54)48-23-9-12-27-55(48)63/h1-39H. The van der Waals surface area contributed by atoms with Crippen molar-refractivity contribution in [2.24, 2.45) is 0 Å². The van der Waals surface area contributed by atoms with Gasteiger partial charge in [0, 0.05) is 21.8 Å². The lowest BCUT2D eigenvalue weighted by Gasteiger charge is -2.30. The Labute approximate surface area is 376 Å². The minimum absolute atomic E-state index is 0.376. The van der Waals surface area contributed by atoms with E-state index in [1.165, 1.54) is 72.0 Å². The predicted molar refractivity (Wildman–Crippen MR) is 271 cm³/mol. The second-order valence-corrected chi connectivity index (χ2v) is 17.5. The Balaban J connectivity index is 0.935. The molecule has 2 nitrogen and oxygen atoms in total. The van der Waals surface area contributed by atoms with Gasteiger partial charge in [-0.25, -0.2) is 0 Å². The van der Waals surface area contributed by atoms with Gasteiger partial charge in [0.05, 0.1) is 22.2 Å². The SMILES string of the molecule is c1ccc(N(c2cccc3ccccc23)c2cccc3oc4c5ccccc5c(-c5ccc(-c6ccc7c(c6)C6(c8ccccc8-c8ccccc86)c6ccccc6-7)cc5)cc4c23)cc1. The number of anilines is 3. The van der Waals surface area contributed by atoms with E-state index in [9.17, 15) is 0 Å². The monoisotopic (exact) mass is 825 g/mol. The second kappa shape index (κ2) is 13.8. The Morgan fingerprint density at radius 3 is 1.58 bits per heavy atom. The lowest BCUT2D eigenvalue weighted by atomic mass is 9.70. The van der Waals surface area contributed by atoms with E-state index in [1.807, 2.05) is 0 Å². The van der Waals surface area contributed by atoms with Gasteiger partial charge in [0.15, 0.2) is 0 Å². The maximum Gasteiger partial charge on any atom is 0.143 e. The summed E-state index contributed by atoms with van der Waals surface area (Å²) in [5.41, 5.74) is 20.1. The molecule has 0 fully saturated rings. The molecule has 1 aromatic heterocycles. The summed E-state index contributed by atoms with van der Waals surface area (Å²) in [4.78, 5) is 2.39. The third-order valence-electron chi connectivity index (χ3n) is 14.3. The zero-order valence-corrected chi connectivity index (χ0v) is 35.4. The van der Waals surface area contributed by atoms with Crippen molar-refractivity contribution in [3.8, 4) is 44.5 Å². The number of para-hydroxylation sites is 1. The van der Waals surface area contributed by atoms with E-state index in [4.69, 9.17) is 4.42 Å². The summed E-state index contributed by atoms with van der Waals surface area (Å²) in [6, 6.07) is 86.8. The fraction of sp³-hybridized carbons (Fsp3) is 0.0159.